The monoisotopic (exact) mass is 429 g/mol. The number of hydrogen-bond donors (Lipinski definition) is 3. The summed E-state index contributed by atoms with van der Waals surface area (Å²) in [4.78, 5) is 13.9. The van der Waals surface area contributed by atoms with E-state index in [4.69, 9.17) is 20.1 Å². The van der Waals surface area contributed by atoms with Gasteiger partial charge in [0.05, 0.1) is 12.3 Å². The number of nitrogens with one attached hydrogen (secondary N) is 3. The van der Waals surface area contributed by atoms with Crippen LogP contribution in [0.15, 0.2) is 24.3 Å². The van der Waals surface area contributed by atoms with Gasteiger partial charge in [0.15, 0.2) is 5.82 Å². The zero-order valence-corrected chi connectivity index (χ0v) is 18.5. The molecule has 1 saturated heterocycles. The standard InChI is InChI=1S/C22H32FN7O/c1-4-18(24)19-20(25-9-14-31-5-2)21(26-17-8-6-7-16(23)15-17)28-22(27-19)30-12-10-29(3)11-13-30/h6-8,15,24-25H,4-5,9-14H2,1-3H3,(H,26,27,28). The summed E-state index contributed by atoms with van der Waals surface area (Å²) in [5.41, 5.74) is 2.19. The van der Waals surface area contributed by atoms with E-state index < -0.39 is 0 Å². The number of anilines is 4. The SMILES string of the molecule is CCOCCNc1c(Nc2cccc(F)c2)nc(N2CCN(C)CC2)nc1C(=N)CC. The molecule has 0 bridgehead atoms. The van der Waals surface area contributed by atoms with Gasteiger partial charge in [0, 0.05) is 45.0 Å². The highest BCUT2D eigenvalue weighted by Crippen LogP contribution is 2.30. The zero-order valence-electron chi connectivity index (χ0n) is 18.5. The fraction of sp³-hybridized carbons (Fsp3) is 0.500. The van der Waals surface area contributed by atoms with Crippen LogP contribution in [-0.2, 0) is 4.74 Å². The largest absolute Gasteiger partial charge is 0.380 e. The van der Waals surface area contributed by atoms with E-state index in [2.05, 4.69) is 27.5 Å². The number of nitrogens with zero attached hydrogens (tertiary/aromatic N) is 4. The van der Waals surface area contributed by atoms with E-state index in [0.29, 0.717) is 60.7 Å². The molecule has 3 N–H and O–H groups in total. The summed E-state index contributed by atoms with van der Waals surface area (Å²) in [7, 11) is 2.10. The fourth-order valence-corrected chi connectivity index (χ4v) is 3.34. The number of halogens is 1. The van der Waals surface area contributed by atoms with Crippen molar-refractivity contribution in [3.05, 3.63) is 35.8 Å². The van der Waals surface area contributed by atoms with E-state index >= 15 is 0 Å². The lowest BCUT2D eigenvalue weighted by molar-refractivity contribution is 0.158. The molecule has 9 heteroatoms. The summed E-state index contributed by atoms with van der Waals surface area (Å²) < 4.78 is 19.2. The molecule has 1 aliphatic rings. The van der Waals surface area contributed by atoms with Gasteiger partial charge in [-0.15, -0.1) is 0 Å². The summed E-state index contributed by atoms with van der Waals surface area (Å²) >= 11 is 0. The van der Waals surface area contributed by atoms with E-state index in [0.717, 1.165) is 26.2 Å². The van der Waals surface area contributed by atoms with Crippen molar-refractivity contribution in [2.75, 3.05) is 68.5 Å². The number of benzene rings is 1. The molecule has 168 valence electrons. The Labute approximate surface area is 183 Å². The van der Waals surface area contributed by atoms with Gasteiger partial charge in [-0.1, -0.05) is 13.0 Å². The average Bonchev–Trinajstić information content (AvgIpc) is 2.77. The minimum atomic E-state index is -0.328. The Morgan fingerprint density at radius 3 is 2.65 bits per heavy atom. The molecule has 1 aromatic carbocycles. The third kappa shape index (κ3) is 6.11. The summed E-state index contributed by atoms with van der Waals surface area (Å²) in [5.74, 6) is 0.778. The zero-order chi connectivity index (χ0) is 22.2. The Hall–Kier alpha value is -2.78. The van der Waals surface area contributed by atoms with Crippen molar-refractivity contribution in [2.45, 2.75) is 20.3 Å². The molecule has 0 radical (unpaired) electrons. The van der Waals surface area contributed by atoms with Gasteiger partial charge < -0.3 is 30.6 Å². The first-order valence-electron chi connectivity index (χ1n) is 10.8. The van der Waals surface area contributed by atoms with Crippen LogP contribution in [0.2, 0.25) is 0 Å². The lowest BCUT2D eigenvalue weighted by Gasteiger charge is -2.33. The molecule has 2 aromatic rings. The van der Waals surface area contributed by atoms with Crippen LogP contribution in [0.4, 0.5) is 27.5 Å². The molecule has 0 unspecified atom stereocenters. The van der Waals surface area contributed by atoms with Crippen molar-refractivity contribution in [1.82, 2.24) is 14.9 Å². The third-order valence-electron chi connectivity index (χ3n) is 5.16. The minimum absolute atomic E-state index is 0.328. The Bertz CT molecular complexity index is 884. The van der Waals surface area contributed by atoms with Gasteiger partial charge in [-0.05, 0) is 38.6 Å². The highest BCUT2D eigenvalue weighted by atomic mass is 19.1. The van der Waals surface area contributed by atoms with Crippen LogP contribution < -0.4 is 15.5 Å². The topological polar surface area (TPSA) is 89.4 Å². The van der Waals surface area contributed by atoms with Crippen LogP contribution in [0.3, 0.4) is 0 Å². The Morgan fingerprint density at radius 1 is 1.19 bits per heavy atom. The fourth-order valence-electron chi connectivity index (χ4n) is 3.34. The number of ether oxygens (including phenoxy) is 1. The molecule has 3 rings (SSSR count). The maximum Gasteiger partial charge on any atom is 0.228 e. The summed E-state index contributed by atoms with van der Waals surface area (Å²) in [6.07, 6.45) is 0.540. The second kappa shape index (κ2) is 11.0. The molecule has 2 heterocycles. The lowest BCUT2D eigenvalue weighted by atomic mass is 10.1. The maximum atomic E-state index is 13.8. The quantitative estimate of drug-likeness (QED) is 0.394. The van der Waals surface area contributed by atoms with Crippen molar-refractivity contribution < 1.29 is 9.13 Å². The van der Waals surface area contributed by atoms with Gasteiger partial charge in [0.1, 0.15) is 17.2 Å². The normalized spacial score (nSPS) is 14.5. The molecule has 1 aliphatic heterocycles. The minimum Gasteiger partial charge on any atom is -0.380 e. The highest BCUT2D eigenvalue weighted by Gasteiger charge is 2.22. The van der Waals surface area contributed by atoms with E-state index in [-0.39, 0.29) is 5.82 Å². The molecule has 8 nitrogen and oxygen atoms in total. The van der Waals surface area contributed by atoms with Crippen molar-refractivity contribution >= 4 is 28.9 Å². The first kappa shape index (κ1) is 22.9. The van der Waals surface area contributed by atoms with E-state index in [1.54, 1.807) is 12.1 Å². The van der Waals surface area contributed by atoms with Gasteiger partial charge in [0.2, 0.25) is 5.95 Å². The first-order chi connectivity index (χ1) is 15.0. The Balaban J connectivity index is 2.00. The molecule has 0 atom stereocenters. The molecular weight excluding hydrogens is 397 g/mol. The molecule has 0 saturated carbocycles. The predicted molar refractivity (Wildman–Crippen MR) is 124 cm³/mol. The molecule has 0 amide bonds. The van der Waals surface area contributed by atoms with Crippen LogP contribution >= 0.6 is 0 Å². The van der Waals surface area contributed by atoms with Crippen LogP contribution in [0.5, 0.6) is 0 Å². The van der Waals surface area contributed by atoms with E-state index in [1.807, 2.05) is 13.8 Å². The second-order valence-electron chi connectivity index (χ2n) is 7.48. The summed E-state index contributed by atoms with van der Waals surface area (Å²) in [5, 5.41) is 15.1. The van der Waals surface area contributed by atoms with Crippen molar-refractivity contribution in [3.63, 3.8) is 0 Å². The Morgan fingerprint density at radius 2 is 1.97 bits per heavy atom. The molecule has 1 fully saturated rings. The van der Waals surface area contributed by atoms with Gasteiger partial charge in [0.25, 0.3) is 0 Å². The number of aromatic nitrogens is 2. The van der Waals surface area contributed by atoms with Crippen molar-refractivity contribution in [2.24, 2.45) is 0 Å². The van der Waals surface area contributed by atoms with Crippen molar-refractivity contribution in [3.8, 4) is 0 Å². The van der Waals surface area contributed by atoms with Gasteiger partial charge in [-0.3, -0.25) is 0 Å². The van der Waals surface area contributed by atoms with E-state index in [9.17, 15) is 4.39 Å². The van der Waals surface area contributed by atoms with Crippen LogP contribution in [-0.4, -0.2) is 73.6 Å². The van der Waals surface area contributed by atoms with Crippen molar-refractivity contribution in [1.29, 1.82) is 5.41 Å². The number of piperazine rings is 1. The summed E-state index contributed by atoms with van der Waals surface area (Å²) in [6, 6.07) is 6.26. The van der Waals surface area contributed by atoms with Crippen LogP contribution in [0.25, 0.3) is 0 Å². The highest BCUT2D eigenvalue weighted by molar-refractivity contribution is 6.03. The van der Waals surface area contributed by atoms with E-state index in [1.165, 1.54) is 12.1 Å². The molecular formula is C22H32FN7O. The van der Waals surface area contributed by atoms with Gasteiger partial charge in [-0.2, -0.15) is 4.98 Å². The van der Waals surface area contributed by atoms with Gasteiger partial charge in [-0.25, -0.2) is 9.37 Å². The molecule has 1 aromatic heterocycles. The number of likely N-dealkylation sites (N-methyl/N-ethyl adjacent to an activating group) is 1. The number of rotatable bonds is 10. The van der Waals surface area contributed by atoms with Crippen LogP contribution in [0.1, 0.15) is 26.0 Å². The second-order valence-corrected chi connectivity index (χ2v) is 7.48. The Kier molecular flexibility index (Phi) is 8.13. The molecule has 31 heavy (non-hydrogen) atoms. The lowest BCUT2D eigenvalue weighted by Crippen LogP contribution is -2.45. The predicted octanol–water partition coefficient (Wildman–Crippen LogP) is 3.34. The van der Waals surface area contributed by atoms with Gasteiger partial charge >= 0.3 is 0 Å². The number of hydrogen-bond acceptors (Lipinski definition) is 8. The smallest absolute Gasteiger partial charge is 0.228 e. The summed E-state index contributed by atoms with van der Waals surface area (Å²) in [6.45, 7) is 9.05. The molecule has 0 aliphatic carbocycles. The third-order valence-corrected chi connectivity index (χ3v) is 5.16. The molecule has 0 spiro atoms. The first-order valence-corrected chi connectivity index (χ1v) is 10.8. The average molecular weight is 430 g/mol. The van der Waals surface area contributed by atoms with Crippen LogP contribution in [0, 0.1) is 11.2 Å². The maximum absolute atomic E-state index is 13.8.